The third-order valence-electron chi connectivity index (χ3n) is 3.68. The molecule has 0 spiro atoms. The van der Waals surface area contributed by atoms with Crippen LogP contribution in [-0.2, 0) is 14.4 Å². The maximum atomic E-state index is 12.9. The van der Waals surface area contributed by atoms with E-state index in [1.165, 1.54) is 24.3 Å². The first kappa shape index (κ1) is 20.2. The summed E-state index contributed by atoms with van der Waals surface area (Å²) in [4.78, 5) is 49.0. The van der Waals surface area contributed by atoms with Gasteiger partial charge in [-0.2, -0.15) is 0 Å². The van der Waals surface area contributed by atoms with Crippen LogP contribution in [0.25, 0.3) is 0 Å². The molecule has 4 amide bonds. The van der Waals surface area contributed by atoms with E-state index in [-0.39, 0.29) is 4.91 Å². The fraction of sp³-hybridized carbons (Fsp3) is 0.0526. The van der Waals surface area contributed by atoms with Crippen LogP contribution in [0.4, 0.5) is 25.0 Å². The van der Waals surface area contributed by atoms with Gasteiger partial charge in [0.25, 0.3) is 11.1 Å². The predicted molar refractivity (Wildman–Crippen MR) is 103 cm³/mol. The number of rotatable bonds is 5. The van der Waals surface area contributed by atoms with Gasteiger partial charge in [-0.1, -0.05) is 0 Å². The van der Waals surface area contributed by atoms with Crippen LogP contribution in [-0.4, -0.2) is 34.4 Å². The lowest BCUT2D eigenvalue weighted by Crippen LogP contribution is -2.36. The largest absolute Gasteiger partial charge is 0.325 e. The van der Waals surface area contributed by atoms with Crippen molar-refractivity contribution < 1.29 is 28.0 Å². The van der Waals surface area contributed by atoms with Gasteiger partial charge in [0.1, 0.15) is 18.2 Å². The summed E-state index contributed by atoms with van der Waals surface area (Å²) in [7, 11) is 0. The molecular weight excluding hydrogens is 404 g/mol. The number of anilines is 2. The molecule has 10 heteroatoms. The van der Waals surface area contributed by atoms with Gasteiger partial charge in [0, 0.05) is 17.5 Å². The Morgan fingerprint density at radius 3 is 1.97 bits per heavy atom. The molecule has 0 atom stereocenters. The van der Waals surface area contributed by atoms with E-state index in [1.54, 1.807) is 0 Å². The number of nitrogens with one attached hydrogen (secondary N) is 2. The molecule has 2 aromatic rings. The smallest absolute Gasteiger partial charge is 0.294 e. The Labute approximate surface area is 167 Å². The van der Waals surface area contributed by atoms with E-state index in [2.05, 4.69) is 10.6 Å². The number of halogens is 2. The third-order valence-corrected chi connectivity index (χ3v) is 4.58. The Kier molecular flexibility index (Phi) is 6.03. The number of carbonyl (C=O) groups excluding carboxylic acids is 4. The zero-order chi connectivity index (χ0) is 21.0. The van der Waals surface area contributed by atoms with Crippen molar-refractivity contribution in [2.75, 3.05) is 17.2 Å². The third kappa shape index (κ3) is 5.26. The number of hydrogen-bond donors (Lipinski definition) is 2. The van der Waals surface area contributed by atoms with Crippen molar-refractivity contribution in [3.63, 3.8) is 0 Å². The number of thioether (sulfide) groups is 1. The van der Waals surface area contributed by atoms with Crippen LogP contribution in [0, 0.1) is 11.6 Å². The van der Waals surface area contributed by atoms with Crippen molar-refractivity contribution in [1.82, 2.24) is 4.90 Å². The number of carbonyl (C=O) groups is 4. The molecule has 1 aliphatic rings. The zero-order valence-electron chi connectivity index (χ0n) is 14.6. The van der Waals surface area contributed by atoms with E-state index in [1.807, 2.05) is 0 Å². The molecule has 1 fully saturated rings. The van der Waals surface area contributed by atoms with Gasteiger partial charge in [0.15, 0.2) is 0 Å². The first-order valence-corrected chi connectivity index (χ1v) is 9.01. The highest BCUT2D eigenvalue weighted by atomic mass is 32.2. The van der Waals surface area contributed by atoms with Crippen LogP contribution in [0.5, 0.6) is 0 Å². The van der Waals surface area contributed by atoms with Crippen molar-refractivity contribution in [3.05, 3.63) is 71.1 Å². The van der Waals surface area contributed by atoms with E-state index < -0.39 is 41.1 Å². The second-order valence-electron chi connectivity index (χ2n) is 5.82. The fourth-order valence-electron chi connectivity index (χ4n) is 2.34. The van der Waals surface area contributed by atoms with Gasteiger partial charge in [0.2, 0.25) is 11.8 Å². The number of nitrogens with zero attached hydrogens (tertiary/aromatic N) is 1. The molecule has 0 aromatic heterocycles. The monoisotopic (exact) mass is 417 g/mol. The molecule has 0 unspecified atom stereocenters. The fourth-order valence-corrected chi connectivity index (χ4v) is 3.15. The minimum Gasteiger partial charge on any atom is -0.325 e. The molecule has 29 heavy (non-hydrogen) atoms. The Morgan fingerprint density at radius 2 is 1.41 bits per heavy atom. The first-order chi connectivity index (χ1) is 13.8. The molecule has 1 saturated heterocycles. The van der Waals surface area contributed by atoms with E-state index in [4.69, 9.17) is 0 Å². The highest BCUT2D eigenvalue weighted by Gasteiger charge is 2.36. The molecule has 7 nitrogen and oxygen atoms in total. The standard InChI is InChI=1S/C19H13F2N3O4S/c20-11-1-5-13(6-2-11)22-16(25)9-15-18(27)24(19(28)29-15)10-17(26)23-14-7-3-12(21)4-8-14/h1-9H,10H2,(H,22,25)(H,23,26). The average Bonchev–Trinajstić information content (AvgIpc) is 2.93. The van der Waals surface area contributed by atoms with Crippen molar-refractivity contribution >= 4 is 46.1 Å². The van der Waals surface area contributed by atoms with Crippen LogP contribution in [0.1, 0.15) is 0 Å². The molecule has 0 saturated carbocycles. The van der Waals surface area contributed by atoms with E-state index in [0.717, 1.165) is 30.3 Å². The number of hydrogen-bond acceptors (Lipinski definition) is 5. The molecule has 1 aliphatic heterocycles. The minimum atomic E-state index is -0.788. The Bertz CT molecular complexity index is 1010. The lowest BCUT2D eigenvalue weighted by molar-refractivity contribution is -0.127. The maximum Gasteiger partial charge on any atom is 0.294 e. The van der Waals surface area contributed by atoms with Crippen molar-refractivity contribution in [2.45, 2.75) is 0 Å². The molecule has 148 valence electrons. The molecule has 0 radical (unpaired) electrons. The summed E-state index contributed by atoms with van der Waals surface area (Å²) in [6.07, 6.45) is 0.937. The van der Waals surface area contributed by atoms with E-state index in [9.17, 15) is 28.0 Å². The summed E-state index contributed by atoms with van der Waals surface area (Å²) in [5.41, 5.74) is 0.614. The minimum absolute atomic E-state index is 0.149. The highest BCUT2D eigenvalue weighted by molar-refractivity contribution is 8.18. The molecule has 1 heterocycles. The average molecular weight is 417 g/mol. The second-order valence-corrected chi connectivity index (χ2v) is 6.81. The van der Waals surface area contributed by atoms with Gasteiger partial charge in [-0.25, -0.2) is 8.78 Å². The lowest BCUT2D eigenvalue weighted by Gasteiger charge is -2.12. The first-order valence-electron chi connectivity index (χ1n) is 8.19. The summed E-state index contributed by atoms with van der Waals surface area (Å²) < 4.78 is 25.8. The molecular formula is C19H13F2N3O4S. The zero-order valence-corrected chi connectivity index (χ0v) is 15.5. The van der Waals surface area contributed by atoms with Gasteiger partial charge in [-0.15, -0.1) is 0 Å². The van der Waals surface area contributed by atoms with Gasteiger partial charge in [-0.05, 0) is 60.3 Å². The highest BCUT2D eigenvalue weighted by Crippen LogP contribution is 2.30. The van der Waals surface area contributed by atoms with Crippen LogP contribution in [0.3, 0.4) is 0 Å². The molecule has 0 bridgehead atoms. The van der Waals surface area contributed by atoms with Crippen LogP contribution in [0.15, 0.2) is 59.5 Å². The van der Waals surface area contributed by atoms with Gasteiger partial charge in [-0.3, -0.25) is 24.1 Å². The number of benzene rings is 2. The predicted octanol–water partition coefficient (Wildman–Crippen LogP) is 3.12. The molecule has 3 rings (SSSR count). The normalized spacial score (nSPS) is 15.0. The number of imide groups is 1. The van der Waals surface area contributed by atoms with Crippen molar-refractivity contribution in [3.8, 4) is 0 Å². The summed E-state index contributed by atoms with van der Waals surface area (Å²) in [6.45, 7) is -0.557. The Balaban J connectivity index is 1.61. The Morgan fingerprint density at radius 1 is 0.897 bits per heavy atom. The van der Waals surface area contributed by atoms with Crippen LogP contribution < -0.4 is 10.6 Å². The van der Waals surface area contributed by atoms with E-state index in [0.29, 0.717) is 28.0 Å². The molecule has 0 aliphatic carbocycles. The topological polar surface area (TPSA) is 95.6 Å². The summed E-state index contributed by atoms with van der Waals surface area (Å²) in [5, 5.41) is 4.17. The molecule has 2 N–H and O–H groups in total. The Hall–Kier alpha value is -3.53. The quantitative estimate of drug-likeness (QED) is 0.729. The van der Waals surface area contributed by atoms with Gasteiger partial charge < -0.3 is 10.6 Å². The SMILES string of the molecule is O=C(C=C1SC(=O)N(CC(=O)Nc2ccc(F)cc2)C1=O)Nc1ccc(F)cc1. The van der Waals surface area contributed by atoms with Crippen LogP contribution in [0.2, 0.25) is 0 Å². The lowest BCUT2D eigenvalue weighted by atomic mass is 10.3. The van der Waals surface area contributed by atoms with Crippen molar-refractivity contribution in [2.24, 2.45) is 0 Å². The van der Waals surface area contributed by atoms with Gasteiger partial charge >= 0.3 is 0 Å². The van der Waals surface area contributed by atoms with Gasteiger partial charge in [0.05, 0.1) is 4.91 Å². The number of amides is 4. The summed E-state index contributed by atoms with van der Waals surface area (Å²) in [6, 6.07) is 9.96. The second kappa shape index (κ2) is 8.65. The van der Waals surface area contributed by atoms with Crippen molar-refractivity contribution in [1.29, 1.82) is 0 Å². The summed E-state index contributed by atoms with van der Waals surface area (Å²) in [5.74, 6) is -3.07. The summed E-state index contributed by atoms with van der Waals surface area (Å²) >= 11 is 0.521. The van der Waals surface area contributed by atoms with Crippen LogP contribution >= 0.6 is 11.8 Å². The maximum absolute atomic E-state index is 12.9. The molecule has 2 aromatic carbocycles. The van der Waals surface area contributed by atoms with E-state index >= 15 is 0 Å².